The van der Waals surface area contributed by atoms with Crippen molar-refractivity contribution in [1.29, 1.82) is 0 Å². The van der Waals surface area contributed by atoms with Crippen molar-refractivity contribution < 1.29 is 24.3 Å². The van der Waals surface area contributed by atoms with Crippen LogP contribution in [0.3, 0.4) is 0 Å². The summed E-state index contributed by atoms with van der Waals surface area (Å²) in [5.74, 6) is -3.19. The number of halogens is 1. The van der Waals surface area contributed by atoms with Crippen LogP contribution in [0.2, 0.25) is 0 Å². The highest BCUT2D eigenvalue weighted by atomic mass is 35.5. The zero-order chi connectivity index (χ0) is 17.8. The summed E-state index contributed by atoms with van der Waals surface area (Å²) in [6.07, 6.45) is 0. The van der Waals surface area contributed by atoms with Gasteiger partial charge in [0, 0.05) is 0 Å². The number of allylic oxidation sites excluding steroid dienone is 1. The molecule has 0 aromatic heterocycles. The number of benzene rings is 1. The molecule has 0 saturated carbocycles. The summed E-state index contributed by atoms with van der Waals surface area (Å²) < 4.78 is 0. The Kier molecular flexibility index (Phi) is 3.68. The molecule has 1 aromatic carbocycles. The zero-order valence-corrected chi connectivity index (χ0v) is 13.6. The number of alkyl halides is 1. The Morgan fingerprint density at radius 1 is 1.08 bits per heavy atom. The van der Waals surface area contributed by atoms with Crippen LogP contribution in [0.25, 0.3) is 0 Å². The molecule has 124 valence electrons. The van der Waals surface area contributed by atoms with Gasteiger partial charge in [-0.15, -0.1) is 0 Å². The molecule has 8 heteroatoms. The van der Waals surface area contributed by atoms with Crippen LogP contribution >= 0.6 is 11.6 Å². The van der Waals surface area contributed by atoms with Crippen LogP contribution in [0.4, 0.5) is 0 Å². The van der Waals surface area contributed by atoms with Crippen molar-refractivity contribution in [2.75, 3.05) is 0 Å². The van der Waals surface area contributed by atoms with Gasteiger partial charge in [0.25, 0.3) is 17.7 Å². The molecular weight excluding hydrogens is 336 g/mol. The van der Waals surface area contributed by atoms with Gasteiger partial charge in [0.15, 0.2) is 6.04 Å². The number of imide groups is 1. The first-order chi connectivity index (χ1) is 11.3. The molecule has 0 aliphatic carbocycles. The molecule has 3 rings (SSSR count). The molecule has 2 heterocycles. The molecule has 1 N–H and O–H groups in total. The number of carbonyl (C=O) groups is 4. The van der Waals surface area contributed by atoms with Gasteiger partial charge < -0.3 is 5.11 Å². The van der Waals surface area contributed by atoms with Gasteiger partial charge in [-0.1, -0.05) is 23.7 Å². The molecule has 0 radical (unpaired) electrons. The SMILES string of the molecule is CC(C)=C(C(=O)O)N1C(=O)C(N2C(=O)c3ccccc3C2=O)C1Cl. The highest BCUT2D eigenvalue weighted by Crippen LogP contribution is 2.37. The van der Waals surface area contributed by atoms with Crippen molar-refractivity contribution in [1.82, 2.24) is 9.80 Å². The number of carboxylic acid groups (broad SMARTS) is 1. The predicted octanol–water partition coefficient (Wildman–Crippen LogP) is 1.44. The van der Waals surface area contributed by atoms with Crippen molar-refractivity contribution in [2.45, 2.75) is 25.4 Å². The molecule has 1 saturated heterocycles. The first kappa shape index (κ1) is 16.2. The van der Waals surface area contributed by atoms with E-state index in [1.54, 1.807) is 12.1 Å². The van der Waals surface area contributed by atoms with Gasteiger partial charge in [-0.3, -0.25) is 24.2 Å². The Balaban J connectivity index is 1.94. The smallest absolute Gasteiger partial charge is 0.352 e. The van der Waals surface area contributed by atoms with Crippen LogP contribution in [-0.2, 0) is 9.59 Å². The lowest BCUT2D eigenvalue weighted by atomic mass is 10.0. The van der Waals surface area contributed by atoms with Crippen LogP contribution in [0, 0.1) is 0 Å². The quantitative estimate of drug-likeness (QED) is 0.293. The molecule has 1 fully saturated rings. The van der Waals surface area contributed by atoms with E-state index in [-0.39, 0.29) is 16.8 Å². The Bertz CT molecular complexity index is 793. The van der Waals surface area contributed by atoms with E-state index in [2.05, 4.69) is 0 Å². The van der Waals surface area contributed by atoms with Gasteiger partial charge in [-0.05, 0) is 31.6 Å². The number of hydrogen-bond donors (Lipinski definition) is 1. The second-order valence-corrected chi connectivity index (χ2v) is 6.15. The molecule has 0 bridgehead atoms. The first-order valence-corrected chi connectivity index (χ1v) is 7.55. The van der Waals surface area contributed by atoms with Gasteiger partial charge in [0.05, 0.1) is 11.1 Å². The summed E-state index contributed by atoms with van der Waals surface area (Å²) in [5, 5.41) is 9.25. The minimum absolute atomic E-state index is 0.207. The Labute approximate surface area is 142 Å². The molecule has 0 spiro atoms. The van der Waals surface area contributed by atoms with Crippen molar-refractivity contribution >= 4 is 35.3 Å². The fraction of sp³-hybridized carbons (Fsp3) is 0.250. The molecular formula is C16H13ClN2O5. The largest absolute Gasteiger partial charge is 0.477 e. The van der Waals surface area contributed by atoms with Crippen LogP contribution in [0.1, 0.15) is 34.6 Å². The number of carboxylic acids is 1. The third-order valence-corrected chi connectivity index (χ3v) is 4.45. The fourth-order valence-electron chi connectivity index (χ4n) is 2.93. The first-order valence-electron chi connectivity index (χ1n) is 7.12. The second-order valence-electron chi connectivity index (χ2n) is 5.71. The van der Waals surface area contributed by atoms with E-state index in [4.69, 9.17) is 11.6 Å². The topological polar surface area (TPSA) is 95.0 Å². The highest BCUT2D eigenvalue weighted by Gasteiger charge is 2.57. The van der Waals surface area contributed by atoms with Gasteiger partial charge in [0.1, 0.15) is 11.2 Å². The number of β-lactam (4-membered cyclic amide) rings is 1. The maximum absolute atomic E-state index is 12.4. The Morgan fingerprint density at radius 3 is 1.96 bits per heavy atom. The molecule has 1 aromatic rings. The fourth-order valence-corrected chi connectivity index (χ4v) is 3.34. The third kappa shape index (κ3) is 2.05. The van der Waals surface area contributed by atoms with E-state index in [9.17, 15) is 24.3 Å². The van der Waals surface area contributed by atoms with Gasteiger partial charge in [-0.2, -0.15) is 0 Å². The lowest BCUT2D eigenvalue weighted by molar-refractivity contribution is -0.152. The Morgan fingerprint density at radius 2 is 1.58 bits per heavy atom. The lowest BCUT2D eigenvalue weighted by Gasteiger charge is -2.46. The van der Waals surface area contributed by atoms with Crippen molar-refractivity contribution in [3.8, 4) is 0 Å². The molecule has 2 aliphatic rings. The minimum Gasteiger partial charge on any atom is -0.477 e. The highest BCUT2D eigenvalue weighted by molar-refractivity contribution is 6.30. The molecule has 2 aliphatic heterocycles. The van der Waals surface area contributed by atoms with E-state index in [1.165, 1.54) is 26.0 Å². The number of rotatable bonds is 3. The monoisotopic (exact) mass is 348 g/mol. The molecule has 3 amide bonds. The summed E-state index contributed by atoms with van der Waals surface area (Å²) in [5.41, 5.74) is -0.563. The molecule has 2 unspecified atom stereocenters. The average Bonchev–Trinajstić information content (AvgIpc) is 2.77. The normalized spacial score (nSPS) is 22.4. The second kappa shape index (κ2) is 5.45. The van der Waals surface area contributed by atoms with Gasteiger partial charge in [-0.25, -0.2) is 4.79 Å². The van der Waals surface area contributed by atoms with E-state index >= 15 is 0 Å². The van der Waals surface area contributed by atoms with Gasteiger partial charge >= 0.3 is 5.97 Å². The predicted molar refractivity (Wildman–Crippen MR) is 83.2 cm³/mol. The number of carbonyl (C=O) groups excluding carboxylic acids is 3. The average molecular weight is 349 g/mol. The number of aliphatic carboxylic acids is 1. The van der Waals surface area contributed by atoms with Gasteiger partial charge in [0.2, 0.25) is 0 Å². The molecule has 7 nitrogen and oxygen atoms in total. The van der Waals surface area contributed by atoms with Crippen LogP contribution in [0.5, 0.6) is 0 Å². The third-order valence-electron chi connectivity index (χ3n) is 4.02. The maximum Gasteiger partial charge on any atom is 0.352 e. The number of likely N-dealkylation sites (tertiary alicyclic amines) is 1. The van der Waals surface area contributed by atoms with E-state index in [0.29, 0.717) is 5.57 Å². The van der Waals surface area contributed by atoms with E-state index in [0.717, 1.165) is 9.80 Å². The summed E-state index contributed by atoms with van der Waals surface area (Å²) in [6, 6.07) is 5.02. The molecule has 24 heavy (non-hydrogen) atoms. The summed E-state index contributed by atoms with van der Waals surface area (Å²) >= 11 is 6.17. The van der Waals surface area contributed by atoms with Crippen molar-refractivity contribution in [3.05, 3.63) is 46.7 Å². The minimum atomic E-state index is -1.30. The standard InChI is InChI=1S/C16H13ClN2O5/c1-7(2)10(16(23)24)18-12(17)11(15(18)22)19-13(20)8-5-3-4-6-9(8)14(19)21/h3-6,11-12H,1-2H3,(H,23,24). The Hall–Kier alpha value is -2.67. The molecule has 2 atom stereocenters. The summed E-state index contributed by atoms with van der Waals surface area (Å²) in [7, 11) is 0. The number of hydrogen-bond acceptors (Lipinski definition) is 4. The lowest BCUT2D eigenvalue weighted by Crippen LogP contribution is -2.69. The van der Waals surface area contributed by atoms with Crippen molar-refractivity contribution in [2.24, 2.45) is 0 Å². The van der Waals surface area contributed by atoms with Crippen LogP contribution in [-0.4, -0.2) is 50.1 Å². The van der Waals surface area contributed by atoms with E-state index < -0.39 is 35.2 Å². The number of fused-ring (bicyclic) bond motifs is 1. The summed E-state index contributed by atoms with van der Waals surface area (Å²) in [4.78, 5) is 50.3. The maximum atomic E-state index is 12.4. The summed E-state index contributed by atoms with van der Waals surface area (Å²) in [6.45, 7) is 3.07. The number of amides is 3. The van der Waals surface area contributed by atoms with E-state index in [1.807, 2.05) is 0 Å². The zero-order valence-electron chi connectivity index (χ0n) is 12.8. The van der Waals surface area contributed by atoms with Crippen LogP contribution < -0.4 is 0 Å². The van der Waals surface area contributed by atoms with Crippen LogP contribution in [0.15, 0.2) is 35.5 Å². The van der Waals surface area contributed by atoms with Crippen molar-refractivity contribution in [3.63, 3.8) is 0 Å². The number of nitrogens with zero attached hydrogens (tertiary/aromatic N) is 2.